The fraction of sp³-hybridized carbons (Fsp3) is 0.286. The van der Waals surface area contributed by atoms with Crippen LogP contribution in [0.25, 0.3) is 11.0 Å². The first-order chi connectivity index (χ1) is 17.5. The highest BCUT2D eigenvalue weighted by Crippen LogP contribution is 2.36. The lowest BCUT2D eigenvalue weighted by atomic mass is 9.93. The smallest absolute Gasteiger partial charge is 0.410 e. The third kappa shape index (κ3) is 4.79. The van der Waals surface area contributed by atoms with Gasteiger partial charge in [-0.2, -0.15) is 0 Å². The van der Waals surface area contributed by atoms with Crippen LogP contribution in [-0.2, 0) is 21.2 Å². The maximum absolute atomic E-state index is 13.2. The highest BCUT2D eigenvalue weighted by Gasteiger charge is 2.31. The predicted molar refractivity (Wildman–Crippen MR) is 140 cm³/mol. The Morgan fingerprint density at radius 3 is 2.54 bits per heavy atom. The minimum absolute atomic E-state index is 0.179. The van der Waals surface area contributed by atoms with Crippen molar-refractivity contribution in [3.8, 4) is 11.5 Å². The van der Waals surface area contributed by atoms with Crippen molar-refractivity contribution in [2.24, 2.45) is 0 Å². The Bertz CT molecular complexity index is 1570. The summed E-state index contributed by atoms with van der Waals surface area (Å²) in [6, 6.07) is 17.3. The van der Waals surface area contributed by atoms with Crippen molar-refractivity contribution in [2.45, 2.75) is 50.7 Å². The monoisotopic (exact) mass is 519 g/mol. The van der Waals surface area contributed by atoms with Crippen LogP contribution >= 0.6 is 0 Å². The van der Waals surface area contributed by atoms with Gasteiger partial charge in [-0.1, -0.05) is 24.3 Å². The van der Waals surface area contributed by atoms with Crippen molar-refractivity contribution in [3.63, 3.8) is 0 Å². The summed E-state index contributed by atoms with van der Waals surface area (Å²) in [4.78, 5) is 19.0. The number of pyridine rings is 1. The molecule has 4 aromatic rings. The quantitative estimate of drug-likeness (QED) is 0.332. The van der Waals surface area contributed by atoms with E-state index in [2.05, 4.69) is 4.98 Å². The van der Waals surface area contributed by atoms with Crippen molar-refractivity contribution >= 4 is 27.1 Å². The zero-order valence-electron chi connectivity index (χ0n) is 21.2. The summed E-state index contributed by atoms with van der Waals surface area (Å²) in [7, 11) is -3.81. The van der Waals surface area contributed by atoms with Gasteiger partial charge in [-0.25, -0.2) is 22.2 Å². The van der Waals surface area contributed by atoms with Gasteiger partial charge in [-0.05, 0) is 81.6 Å². The average Bonchev–Trinajstić information content (AvgIpc) is 3.30. The lowest BCUT2D eigenvalue weighted by Gasteiger charge is -2.36. The molecule has 0 aliphatic carbocycles. The molecule has 0 saturated heterocycles. The van der Waals surface area contributed by atoms with Gasteiger partial charge in [0.25, 0.3) is 10.0 Å². The third-order valence-electron chi connectivity index (χ3n) is 6.33. The highest BCUT2D eigenvalue weighted by atomic mass is 32.2. The van der Waals surface area contributed by atoms with Gasteiger partial charge >= 0.3 is 6.09 Å². The molecule has 1 aliphatic rings. The number of rotatable bonds is 4. The van der Waals surface area contributed by atoms with E-state index in [9.17, 15) is 13.2 Å². The van der Waals surface area contributed by atoms with Crippen LogP contribution in [0.15, 0.2) is 78.0 Å². The molecule has 0 saturated carbocycles. The minimum Gasteiger partial charge on any atom is -0.457 e. The van der Waals surface area contributed by atoms with E-state index < -0.39 is 15.6 Å². The number of benzene rings is 2. The zero-order valence-corrected chi connectivity index (χ0v) is 22.0. The van der Waals surface area contributed by atoms with E-state index in [1.807, 2.05) is 45.9 Å². The van der Waals surface area contributed by atoms with Crippen LogP contribution in [-0.4, -0.2) is 40.5 Å². The number of aromatic nitrogens is 2. The Hall–Kier alpha value is -3.85. The van der Waals surface area contributed by atoms with Gasteiger partial charge in [0.1, 0.15) is 17.1 Å². The Balaban J connectivity index is 1.45. The number of carbonyl (C=O) groups is 1. The molecule has 9 heteroatoms. The zero-order chi connectivity index (χ0) is 26.4. The lowest BCUT2D eigenvalue weighted by Crippen LogP contribution is -2.42. The maximum Gasteiger partial charge on any atom is 0.410 e. The van der Waals surface area contributed by atoms with Gasteiger partial charge in [0, 0.05) is 18.9 Å². The summed E-state index contributed by atoms with van der Waals surface area (Å²) in [5.41, 5.74) is 1.85. The molecule has 0 fully saturated rings. The molecule has 0 spiro atoms. The summed E-state index contributed by atoms with van der Waals surface area (Å²) < 4.78 is 39.4. The molecule has 0 radical (unpaired) electrons. The van der Waals surface area contributed by atoms with Crippen LogP contribution in [0.4, 0.5) is 4.79 Å². The largest absolute Gasteiger partial charge is 0.457 e. The van der Waals surface area contributed by atoms with Crippen molar-refractivity contribution in [1.82, 2.24) is 13.9 Å². The summed E-state index contributed by atoms with van der Waals surface area (Å²) in [6.07, 6.45) is 3.40. The molecule has 2 aromatic heterocycles. The Labute approximate surface area is 216 Å². The fourth-order valence-corrected chi connectivity index (χ4v) is 5.85. The first kappa shape index (κ1) is 24.8. The van der Waals surface area contributed by atoms with E-state index in [4.69, 9.17) is 9.47 Å². The molecule has 1 aliphatic heterocycles. The second kappa shape index (κ2) is 9.23. The SMILES string of the molecule is C[C@H]1c2cc(Oc3ccnc4c3ccn4S(=O)(=O)c3ccccc3)ccc2CCN1C(=O)OC(C)(C)C. The molecule has 192 valence electrons. The first-order valence-corrected chi connectivity index (χ1v) is 13.6. The van der Waals surface area contributed by atoms with E-state index in [0.717, 1.165) is 21.5 Å². The number of hydrogen-bond acceptors (Lipinski definition) is 6. The summed E-state index contributed by atoms with van der Waals surface area (Å²) in [6.45, 7) is 8.12. The van der Waals surface area contributed by atoms with E-state index in [-0.39, 0.29) is 22.7 Å². The van der Waals surface area contributed by atoms with Gasteiger partial charge in [0.05, 0.1) is 16.3 Å². The second-order valence-corrected chi connectivity index (χ2v) is 11.9. The lowest BCUT2D eigenvalue weighted by molar-refractivity contribution is 0.0159. The Morgan fingerprint density at radius 1 is 1.05 bits per heavy atom. The molecule has 2 aromatic carbocycles. The summed E-state index contributed by atoms with van der Waals surface area (Å²) >= 11 is 0. The summed E-state index contributed by atoms with van der Waals surface area (Å²) in [5.74, 6) is 1.07. The molecule has 37 heavy (non-hydrogen) atoms. The first-order valence-electron chi connectivity index (χ1n) is 12.1. The molecule has 0 unspecified atom stereocenters. The van der Waals surface area contributed by atoms with Crippen LogP contribution in [0.2, 0.25) is 0 Å². The number of nitrogens with zero attached hydrogens (tertiary/aromatic N) is 3. The standard InChI is InChI=1S/C28H29N3O5S/c1-19-24-18-21(11-10-20(24)13-16-30(19)27(32)36-28(2,3)4)35-25-12-15-29-26-23(25)14-17-31(26)37(33,34)22-8-6-5-7-9-22/h5-12,14-15,17-19H,13,16H2,1-4H3/t19-/m0/s1. The minimum atomic E-state index is -3.81. The van der Waals surface area contributed by atoms with E-state index in [1.165, 1.54) is 12.4 Å². The number of hydrogen-bond donors (Lipinski definition) is 0. The normalized spacial score (nSPS) is 15.9. The molecular formula is C28H29N3O5S. The van der Waals surface area contributed by atoms with Crippen molar-refractivity contribution < 1.29 is 22.7 Å². The van der Waals surface area contributed by atoms with Gasteiger partial charge in [0.2, 0.25) is 0 Å². The number of carbonyl (C=O) groups excluding carboxylic acids is 1. The van der Waals surface area contributed by atoms with Gasteiger partial charge in [-0.15, -0.1) is 0 Å². The van der Waals surface area contributed by atoms with Crippen LogP contribution in [0.3, 0.4) is 0 Å². The molecule has 5 rings (SSSR count). The van der Waals surface area contributed by atoms with Crippen LogP contribution in [0.5, 0.6) is 11.5 Å². The van der Waals surface area contributed by atoms with Crippen LogP contribution in [0.1, 0.15) is 44.9 Å². The molecule has 0 N–H and O–H groups in total. The van der Waals surface area contributed by atoms with Gasteiger partial charge < -0.3 is 14.4 Å². The Kier molecular flexibility index (Phi) is 6.19. The highest BCUT2D eigenvalue weighted by molar-refractivity contribution is 7.90. The second-order valence-electron chi connectivity index (χ2n) is 10.0. The molecule has 8 nitrogen and oxygen atoms in total. The molecule has 1 atom stereocenters. The number of amides is 1. The van der Waals surface area contributed by atoms with E-state index >= 15 is 0 Å². The van der Waals surface area contributed by atoms with Gasteiger partial charge in [0.15, 0.2) is 5.65 Å². The van der Waals surface area contributed by atoms with Gasteiger partial charge in [-0.3, -0.25) is 0 Å². The molecule has 0 bridgehead atoms. The fourth-order valence-electron chi connectivity index (χ4n) is 4.53. The van der Waals surface area contributed by atoms with Crippen LogP contribution in [0, 0.1) is 0 Å². The van der Waals surface area contributed by atoms with E-state index in [1.54, 1.807) is 47.4 Å². The third-order valence-corrected chi connectivity index (χ3v) is 8.01. The average molecular weight is 520 g/mol. The molecule has 1 amide bonds. The van der Waals surface area contributed by atoms with E-state index in [0.29, 0.717) is 23.4 Å². The van der Waals surface area contributed by atoms with Crippen molar-refractivity contribution in [1.29, 1.82) is 0 Å². The number of fused-ring (bicyclic) bond motifs is 2. The summed E-state index contributed by atoms with van der Waals surface area (Å²) in [5, 5.41) is 0.572. The predicted octanol–water partition coefficient (Wildman–Crippen LogP) is 5.92. The van der Waals surface area contributed by atoms with Crippen LogP contribution < -0.4 is 4.74 Å². The number of ether oxygens (including phenoxy) is 2. The maximum atomic E-state index is 13.2. The molecular weight excluding hydrogens is 490 g/mol. The Morgan fingerprint density at radius 2 is 1.81 bits per heavy atom. The molecule has 3 heterocycles. The topological polar surface area (TPSA) is 90.7 Å². The van der Waals surface area contributed by atoms with Crippen molar-refractivity contribution in [2.75, 3.05) is 6.54 Å². The van der Waals surface area contributed by atoms with Crippen molar-refractivity contribution in [3.05, 3.63) is 84.2 Å².